The summed E-state index contributed by atoms with van der Waals surface area (Å²) in [4.78, 5) is 0. The van der Waals surface area contributed by atoms with Crippen LogP contribution in [0.25, 0.3) is 0 Å². The number of rotatable bonds is 3. The highest BCUT2D eigenvalue weighted by atomic mass is 35.5. The van der Waals surface area contributed by atoms with Crippen LogP contribution in [-0.4, -0.2) is 14.9 Å². The molecule has 0 aromatic carbocycles. The number of aryl methyl sites for hydroxylation is 2. The number of aromatic nitrogens is 2. The minimum Gasteiger partial charge on any atom is -0.388 e. The number of thiophene rings is 1. The minimum atomic E-state index is -0.742. The standard InChI is InChI=1S/C11H11Cl3N2OS/c1-5-10(13)7(16(2)15-5)4-8(17)6-3-9(12)18-11(6)14/h3,8,17H,4H2,1-2H3. The Balaban J connectivity index is 2.26. The third-order valence-electron chi connectivity index (χ3n) is 2.69. The lowest BCUT2D eigenvalue weighted by molar-refractivity contribution is 0.176. The number of hydrogen-bond donors (Lipinski definition) is 1. The average molecular weight is 326 g/mol. The molecule has 2 aromatic rings. The molecule has 0 radical (unpaired) electrons. The Bertz CT molecular complexity index is 579. The van der Waals surface area contributed by atoms with Gasteiger partial charge in [0.25, 0.3) is 0 Å². The minimum absolute atomic E-state index is 0.350. The summed E-state index contributed by atoms with van der Waals surface area (Å²) in [6.07, 6.45) is -0.392. The first-order valence-electron chi connectivity index (χ1n) is 5.21. The van der Waals surface area contributed by atoms with Crippen molar-refractivity contribution >= 4 is 46.1 Å². The molecule has 2 aromatic heterocycles. The van der Waals surface area contributed by atoms with Gasteiger partial charge in [-0.1, -0.05) is 34.8 Å². The van der Waals surface area contributed by atoms with Gasteiger partial charge in [-0.2, -0.15) is 5.10 Å². The molecule has 0 spiro atoms. The molecule has 2 heterocycles. The molecule has 0 saturated carbocycles. The summed E-state index contributed by atoms with van der Waals surface area (Å²) in [6, 6.07) is 1.68. The van der Waals surface area contributed by atoms with Crippen LogP contribution < -0.4 is 0 Å². The average Bonchev–Trinajstić information content (AvgIpc) is 2.73. The van der Waals surface area contributed by atoms with Crippen LogP contribution in [0.15, 0.2) is 6.07 Å². The fourth-order valence-electron chi connectivity index (χ4n) is 1.78. The van der Waals surface area contributed by atoms with Crippen molar-refractivity contribution in [2.24, 2.45) is 7.05 Å². The zero-order valence-electron chi connectivity index (χ0n) is 9.75. The monoisotopic (exact) mass is 324 g/mol. The van der Waals surface area contributed by atoms with Gasteiger partial charge in [0, 0.05) is 19.0 Å². The van der Waals surface area contributed by atoms with Crippen molar-refractivity contribution in [2.45, 2.75) is 19.4 Å². The van der Waals surface area contributed by atoms with Gasteiger partial charge < -0.3 is 5.11 Å². The van der Waals surface area contributed by atoms with Gasteiger partial charge in [0.2, 0.25) is 0 Å². The zero-order valence-corrected chi connectivity index (χ0v) is 12.8. The van der Waals surface area contributed by atoms with Crippen molar-refractivity contribution in [1.82, 2.24) is 9.78 Å². The van der Waals surface area contributed by atoms with Crippen LogP contribution in [0.1, 0.15) is 23.1 Å². The largest absolute Gasteiger partial charge is 0.388 e. The molecule has 0 fully saturated rings. The Morgan fingerprint density at radius 3 is 2.56 bits per heavy atom. The Kier molecular flexibility index (Phi) is 4.24. The summed E-state index contributed by atoms with van der Waals surface area (Å²) in [6.45, 7) is 1.83. The molecule has 3 nitrogen and oxygen atoms in total. The molecule has 0 amide bonds. The smallest absolute Gasteiger partial charge is 0.100 e. The van der Waals surface area contributed by atoms with Gasteiger partial charge in [-0.25, -0.2) is 0 Å². The van der Waals surface area contributed by atoms with Crippen molar-refractivity contribution < 1.29 is 5.11 Å². The molecule has 0 bridgehead atoms. The van der Waals surface area contributed by atoms with Crippen molar-refractivity contribution in [1.29, 1.82) is 0 Å². The Labute approximate surface area is 124 Å². The lowest BCUT2D eigenvalue weighted by Crippen LogP contribution is -2.06. The zero-order chi connectivity index (χ0) is 13.4. The predicted octanol–water partition coefficient (Wildman–Crippen LogP) is 4.03. The highest BCUT2D eigenvalue weighted by Crippen LogP contribution is 2.36. The van der Waals surface area contributed by atoms with Crippen molar-refractivity contribution in [3.8, 4) is 0 Å². The lowest BCUT2D eigenvalue weighted by Gasteiger charge is -2.10. The first-order valence-corrected chi connectivity index (χ1v) is 7.16. The van der Waals surface area contributed by atoms with Crippen LogP contribution in [-0.2, 0) is 13.5 Å². The van der Waals surface area contributed by atoms with Gasteiger partial charge in [0.15, 0.2) is 0 Å². The van der Waals surface area contributed by atoms with E-state index in [1.807, 2.05) is 6.92 Å². The second-order valence-corrected chi connectivity index (χ2v) is 6.63. The normalized spacial score (nSPS) is 13.0. The number of halogens is 3. The maximum atomic E-state index is 10.2. The summed E-state index contributed by atoms with van der Waals surface area (Å²) in [5, 5.41) is 15.0. The van der Waals surface area contributed by atoms with Crippen LogP contribution in [0.2, 0.25) is 13.7 Å². The molecule has 0 aliphatic carbocycles. The highest BCUT2D eigenvalue weighted by molar-refractivity contribution is 7.20. The maximum absolute atomic E-state index is 10.2. The van der Waals surface area contributed by atoms with E-state index in [0.29, 0.717) is 25.7 Å². The third-order valence-corrected chi connectivity index (χ3v) is 4.70. The number of hydrogen-bond acceptors (Lipinski definition) is 3. The van der Waals surface area contributed by atoms with E-state index in [2.05, 4.69) is 5.10 Å². The number of aliphatic hydroxyl groups is 1. The molecule has 2 rings (SSSR count). The molecule has 0 aliphatic heterocycles. The predicted molar refractivity (Wildman–Crippen MR) is 76.0 cm³/mol. The summed E-state index contributed by atoms with van der Waals surface area (Å²) >= 11 is 19.2. The summed E-state index contributed by atoms with van der Waals surface area (Å²) in [5.74, 6) is 0. The second-order valence-electron chi connectivity index (χ2n) is 3.97. The summed E-state index contributed by atoms with van der Waals surface area (Å²) < 4.78 is 2.73. The highest BCUT2D eigenvalue weighted by Gasteiger charge is 2.20. The molecule has 1 atom stereocenters. The van der Waals surface area contributed by atoms with Gasteiger partial charge in [-0.3, -0.25) is 4.68 Å². The van der Waals surface area contributed by atoms with Gasteiger partial charge in [-0.05, 0) is 13.0 Å². The molecule has 0 aliphatic rings. The van der Waals surface area contributed by atoms with E-state index in [1.165, 1.54) is 11.3 Å². The van der Waals surface area contributed by atoms with E-state index in [-0.39, 0.29) is 0 Å². The molecular formula is C11H11Cl3N2OS. The van der Waals surface area contributed by atoms with Gasteiger partial charge in [0.1, 0.15) is 4.34 Å². The van der Waals surface area contributed by atoms with E-state index in [1.54, 1.807) is 17.8 Å². The number of nitrogens with zero attached hydrogens (tertiary/aromatic N) is 2. The van der Waals surface area contributed by atoms with Gasteiger partial charge >= 0.3 is 0 Å². The van der Waals surface area contributed by atoms with E-state index in [0.717, 1.165) is 11.4 Å². The summed E-state index contributed by atoms with van der Waals surface area (Å²) in [7, 11) is 1.79. The van der Waals surface area contributed by atoms with Gasteiger partial charge in [0.05, 0.1) is 26.9 Å². The van der Waals surface area contributed by atoms with E-state index in [9.17, 15) is 5.11 Å². The Morgan fingerprint density at radius 2 is 2.11 bits per heavy atom. The molecule has 0 saturated heterocycles. The maximum Gasteiger partial charge on any atom is 0.100 e. The Morgan fingerprint density at radius 1 is 1.44 bits per heavy atom. The molecule has 18 heavy (non-hydrogen) atoms. The molecule has 1 unspecified atom stereocenters. The fraction of sp³-hybridized carbons (Fsp3) is 0.364. The van der Waals surface area contributed by atoms with E-state index >= 15 is 0 Å². The topological polar surface area (TPSA) is 38.0 Å². The lowest BCUT2D eigenvalue weighted by atomic mass is 10.1. The van der Waals surface area contributed by atoms with Crippen LogP contribution in [0.5, 0.6) is 0 Å². The summed E-state index contributed by atoms with van der Waals surface area (Å²) in [5.41, 5.74) is 2.15. The van der Waals surface area contributed by atoms with Crippen molar-refractivity contribution in [2.75, 3.05) is 0 Å². The van der Waals surface area contributed by atoms with Gasteiger partial charge in [-0.15, -0.1) is 11.3 Å². The molecule has 1 N–H and O–H groups in total. The fourth-order valence-corrected chi connectivity index (χ4v) is 3.58. The second kappa shape index (κ2) is 5.39. The van der Waals surface area contributed by atoms with Crippen molar-refractivity contribution in [3.63, 3.8) is 0 Å². The van der Waals surface area contributed by atoms with Crippen LogP contribution in [0.4, 0.5) is 0 Å². The number of aliphatic hydroxyl groups excluding tert-OH is 1. The Hall–Kier alpha value is -0.260. The SMILES string of the molecule is Cc1nn(C)c(CC(O)c2cc(Cl)sc2Cl)c1Cl. The third kappa shape index (κ3) is 2.68. The first kappa shape index (κ1) is 14.2. The van der Waals surface area contributed by atoms with E-state index < -0.39 is 6.10 Å². The first-order chi connectivity index (χ1) is 8.40. The van der Waals surface area contributed by atoms with Crippen molar-refractivity contribution in [3.05, 3.63) is 36.7 Å². The van der Waals surface area contributed by atoms with Crippen LogP contribution in [0.3, 0.4) is 0 Å². The molecule has 98 valence electrons. The van der Waals surface area contributed by atoms with E-state index in [4.69, 9.17) is 34.8 Å². The molecule has 7 heteroatoms. The quantitative estimate of drug-likeness (QED) is 0.925. The molecular weight excluding hydrogens is 315 g/mol. The van der Waals surface area contributed by atoms with Crippen LogP contribution >= 0.6 is 46.1 Å². The van der Waals surface area contributed by atoms with Crippen LogP contribution in [0, 0.1) is 6.92 Å².